The molecule has 1 fully saturated rings. The Hall–Kier alpha value is -2.32. The van der Waals surface area contributed by atoms with E-state index in [1.165, 1.54) is 17.3 Å². The quantitative estimate of drug-likeness (QED) is 0.743. The number of rotatable bonds is 7. The molecule has 0 bridgehead atoms. The van der Waals surface area contributed by atoms with E-state index in [1.807, 2.05) is 37.4 Å². The maximum atomic E-state index is 12.8. The second-order valence-electron chi connectivity index (χ2n) is 6.76. The van der Waals surface area contributed by atoms with Crippen molar-refractivity contribution in [2.24, 2.45) is 0 Å². The predicted octanol–water partition coefficient (Wildman–Crippen LogP) is 4.30. The van der Waals surface area contributed by atoms with Crippen LogP contribution < -0.4 is 5.32 Å². The molecule has 1 amide bonds. The normalized spacial score (nSPS) is 14.5. The molecule has 1 heterocycles. The molecule has 2 aromatic rings. The van der Waals surface area contributed by atoms with Crippen LogP contribution in [-0.4, -0.2) is 23.2 Å². The number of carbonyl (C=O) groups excluding carboxylic acids is 1. The zero-order valence-electron chi connectivity index (χ0n) is 15.2. The first kappa shape index (κ1) is 18.5. The van der Waals surface area contributed by atoms with Crippen molar-refractivity contribution in [3.63, 3.8) is 0 Å². The summed E-state index contributed by atoms with van der Waals surface area (Å²) in [7, 11) is 0. The van der Waals surface area contributed by atoms with Crippen LogP contribution in [0.5, 0.6) is 0 Å². The Labute approximate surface area is 159 Å². The molecule has 1 N–H and O–H groups in total. The number of nitriles is 1. The first-order valence-corrected chi connectivity index (χ1v) is 10.2. The average molecular weight is 366 g/mol. The standard InChI is InChI=1S/C21H23N3OS/c1-14(8-9-15-6-4-3-5-7-15)23-20(25)17-12-19(16-10-11-16)24-21(26-2)18(17)13-22/h3-7,12,14,16H,8-11H2,1-2H3,(H,23,25). The van der Waals surface area contributed by atoms with Crippen LogP contribution in [0, 0.1) is 11.3 Å². The maximum Gasteiger partial charge on any atom is 0.252 e. The average Bonchev–Trinajstić information content (AvgIpc) is 3.51. The van der Waals surface area contributed by atoms with E-state index in [4.69, 9.17) is 0 Å². The molecule has 0 aliphatic heterocycles. The van der Waals surface area contributed by atoms with E-state index in [0.29, 0.717) is 22.1 Å². The van der Waals surface area contributed by atoms with Gasteiger partial charge in [0.25, 0.3) is 5.91 Å². The molecule has 0 spiro atoms. The summed E-state index contributed by atoms with van der Waals surface area (Å²) in [5, 5.41) is 13.2. The Morgan fingerprint density at radius 2 is 2.12 bits per heavy atom. The van der Waals surface area contributed by atoms with Crippen LogP contribution in [0.2, 0.25) is 0 Å². The smallest absolute Gasteiger partial charge is 0.252 e. The van der Waals surface area contributed by atoms with Gasteiger partial charge in [0.1, 0.15) is 11.1 Å². The topological polar surface area (TPSA) is 65.8 Å². The van der Waals surface area contributed by atoms with Crippen molar-refractivity contribution in [2.45, 2.75) is 49.6 Å². The minimum atomic E-state index is -0.179. The molecule has 1 aromatic heterocycles. The summed E-state index contributed by atoms with van der Waals surface area (Å²) < 4.78 is 0. The van der Waals surface area contributed by atoms with Crippen molar-refractivity contribution in [2.75, 3.05) is 6.26 Å². The molecular weight excluding hydrogens is 342 g/mol. The highest BCUT2D eigenvalue weighted by Gasteiger charge is 2.28. The summed E-state index contributed by atoms with van der Waals surface area (Å²) in [5.41, 5.74) is 3.04. The van der Waals surface area contributed by atoms with E-state index < -0.39 is 0 Å². The lowest BCUT2D eigenvalue weighted by Crippen LogP contribution is -2.33. The molecule has 0 radical (unpaired) electrons. The van der Waals surface area contributed by atoms with Crippen LogP contribution in [0.3, 0.4) is 0 Å². The van der Waals surface area contributed by atoms with Crippen molar-refractivity contribution in [3.05, 3.63) is 58.8 Å². The van der Waals surface area contributed by atoms with Crippen LogP contribution in [-0.2, 0) is 6.42 Å². The number of aryl methyl sites for hydroxylation is 1. The van der Waals surface area contributed by atoms with Crippen molar-refractivity contribution < 1.29 is 4.79 Å². The lowest BCUT2D eigenvalue weighted by atomic mass is 10.0. The number of thioether (sulfide) groups is 1. The van der Waals surface area contributed by atoms with Gasteiger partial charge in [-0.1, -0.05) is 30.3 Å². The number of benzene rings is 1. The molecular formula is C21H23N3OS. The van der Waals surface area contributed by atoms with E-state index in [9.17, 15) is 10.1 Å². The van der Waals surface area contributed by atoms with Crippen molar-refractivity contribution in [3.8, 4) is 6.07 Å². The number of hydrogen-bond donors (Lipinski definition) is 1. The lowest BCUT2D eigenvalue weighted by molar-refractivity contribution is 0.0937. The number of nitrogens with one attached hydrogen (secondary N) is 1. The third-order valence-corrected chi connectivity index (χ3v) is 5.32. The molecule has 3 rings (SSSR count). The van der Waals surface area contributed by atoms with Gasteiger partial charge in [-0.15, -0.1) is 11.8 Å². The van der Waals surface area contributed by atoms with E-state index in [1.54, 1.807) is 0 Å². The van der Waals surface area contributed by atoms with Gasteiger partial charge in [-0.3, -0.25) is 4.79 Å². The SMILES string of the molecule is CSc1nc(C2CC2)cc(C(=O)NC(C)CCc2ccccc2)c1C#N. The van der Waals surface area contributed by atoms with Gasteiger partial charge in [0.15, 0.2) is 0 Å². The lowest BCUT2D eigenvalue weighted by Gasteiger charge is -2.16. The van der Waals surface area contributed by atoms with Crippen LogP contribution in [0.25, 0.3) is 0 Å². The Morgan fingerprint density at radius 1 is 1.38 bits per heavy atom. The van der Waals surface area contributed by atoms with Crippen molar-refractivity contribution in [1.82, 2.24) is 10.3 Å². The molecule has 5 heteroatoms. The highest BCUT2D eigenvalue weighted by molar-refractivity contribution is 7.98. The summed E-state index contributed by atoms with van der Waals surface area (Å²) in [5.74, 6) is 0.261. The van der Waals surface area contributed by atoms with Crippen molar-refractivity contribution >= 4 is 17.7 Å². The minimum Gasteiger partial charge on any atom is -0.350 e. The number of carbonyl (C=O) groups is 1. The molecule has 1 saturated carbocycles. The van der Waals surface area contributed by atoms with Gasteiger partial charge < -0.3 is 5.32 Å². The monoisotopic (exact) mass is 365 g/mol. The van der Waals surface area contributed by atoms with Gasteiger partial charge in [-0.25, -0.2) is 4.98 Å². The Morgan fingerprint density at radius 3 is 2.73 bits per heavy atom. The Kier molecular flexibility index (Phi) is 5.95. The van der Waals surface area contributed by atoms with E-state index in [2.05, 4.69) is 28.5 Å². The first-order chi connectivity index (χ1) is 12.6. The summed E-state index contributed by atoms with van der Waals surface area (Å²) >= 11 is 1.42. The van der Waals surface area contributed by atoms with Gasteiger partial charge in [-0.05, 0) is 50.5 Å². The Balaban J connectivity index is 1.72. The number of nitrogens with zero attached hydrogens (tertiary/aromatic N) is 2. The van der Waals surface area contributed by atoms with Gasteiger partial charge in [0.2, 0.25) is 0 Å². The fraction of sp³-hybridized carbons (Fsp3) is 0.381. The third-order valence-electron chi connectivity index (χ3n) is 4.64. The summed E-state index contributed by atoms with van der Waals surface area (Å²) in [6, 6.07) is 14.3. The van der Waals surface area contributed by atoms with Crippen molar-refractivity contribution in [1.29, 1.82) is 5.26 Å². The number of hydrogen-bond acceptors (Lipinski definition) is 4. The zero-order chi connectivity index (χ0) is 18.5. The summed E-state index contributed by atoms with van der Waals surface area (Å²) in [6.45, 7) is 2.01. The van der Waals surface area contributed by atoms with Crippen LogP contribution in [0.1, 0.15) is 59.3 Å². The van der Waals surface area contributed by atoms with Crippen LogP contribution in [0.15, 0.2) is 41.4 Å². The highest BCUT2D eigenvalue weighted by Crippen LogP contribution is 2.40. The molecule has 1 atom stereocenters. The number of amides is 1. The van der Waals surface area contributed by atoms with Crippen LogP contribution >= 0.6 is 11.8 Å². The van der Waals surface area contributed by atoms with Gasteiger partial charge in [0, 0.05) is 17.7 Å². The first-order valence-electron chi connectivity index (χ1n) is 8.96. The second kappa shape index (κ2) is 8.37. The molecule has 134 valence electrons. The largest absolute Gasteiger partial charge is 0.350 e. The molecule has 1 unspecified atom stereocenters. The van der Waals surface area contributed by atoms with Gasteiger partial charge in [0.05, 0.1) is 11.1 Å². The molecule has 26 heavy (non-hydrogen) atoms. The fourth-order valence-electron chi connectivity index (χ4n) is 2.97. The summed E-state index contributed by atoms with van der Waals surface area (Å²) in [6.07, 6.45) is 5.88. The van der Waals surface area contributed by atoms with E-state index >= 15 is 0 Å². The predicted molar refractivity (Wildman–Crippen MR) is 104 cm³/mol. The molecule has 1 aliphatic rings. The summed E-state index contributed by atoms with van der Waals surface area (Å²) in [4.78, 5) is 17.4. The van der Waals surface area contributed by atoms with E-state index in [0.717, 1.165) is 31.4 Å². The number of aromatic nitrogens is 1. The number of pyridine rings is 1. The molecule has 1 aliphatic carbocycles. The minimum absolute atomic E-state index is 0.0320. The maximum absolute atomic E-state index is 12.8. The van der Waals surface area contributed by atoms with Gasteiger partial charge >= 0.3 is 0 Å². The Bertz CT molecular complexity index is 825. The second-order valence-corrected chi connectivity index (χ2v) is 7.56. The highest BCUT2D eigenvalue weighted by atomic mass is 32.2. The molecule has 1 aromatic carbocycles. The third kappa shape index (κ3) is 4.44. The zero-order valence-corrected chi connectivity index (χ0v) is 16.0. The van der Waals surface area contributed by atoms with Crippen LogP contribution in [0.4, 0.5) is 0 Å². The molecule has 4 nitrogen and oxygen atoms in total. The fourth-order valence-corrected chi connectivity index (χ4v) is 3.52. The van der Waals surface area contributed by atoms with E-state index in [-0.39, 0.29) is 11.9 Å². The molecule has 0 saturated heterocycles. The van der Waals surface area contributed by atoms with Gasteiger partial charge in [-0.2, -0.15) is 5.26 Å².